The van der Waals surface area contributed by atoms with Crippen LogP contribution in [0.2, 0.25) is 0 Å². The molecule has 110 valence electrons. The van der Waals surface area contributed by atoms with E-state index >= 15 is 0 Å². The van der Waals surface area contributed by atoms with E-state index < -0.39 is 0 Å². The van der Waals surface area contributed by atoms with Gasteiger partial charge in [-0.15, -0.1) is 11.6 Å². The molecule has 2 unspecified atom stereocenters. The Morgan fingerprint density at radius 3 is 2.65 bits per heavy atom. The number of hydrogen-bond acceptors (Lipinski definition) is 2. The van der Waals surface area contributed by atoms with Gasteiger partial charge in [0.1, 0.15) is 13.2 Å². The van der Waals surface area contributed by atoms with E-state index in [0.29, 0.717) is 24.5 Å². The van der Waals surface area contributed by atoms with Crippen molar-refractivity contribution in [2.75, 3.05) is 13.2 Å². The molecular formula is C17H23ClO2. The Bertz CT molecular complexity index is 484. The van der Waals surface area contributed by atoms with E-state index in [0.717, 1.165) is 17.1 Å². The Morgan fingerprint density at radius 2 is 1.90 bits per heavy atom. The van der Waals surface area contributed by atoms with E-state index in [9.17, 15) is 0 Å². The lowest BCUT2D eigenvalue weighted by Crippen LogP contribution is -2.31. The van der Waals surface area contributed by atoms with Gasteiger partial charge in [0, 0.05) is 0 Å². The highest BCUT2D eigenvalue weighted by Gasteiger charge is 2.37. The van der Waals surface area contributed by atoms with Crippen molar-refractivity contribution in [3.8, 4) is 11.5 Å². The van der Waals surface area contributed by atoms with Crippen molar-refractivity contribution in [3.63, 3.8) is 0 Å². The van der Waals surface area contributed by atoms with Crippen molar-refractivity contribution in [2.45, 2.75) is 44.9 Å². The maximum atomic E-state index is 6.82. The normalized spacial score (nSPS) is 26.1. The molecule has 1 aromatic rings. The fraction of sp³-hybridized carbons (Fsp3) is 0.647. The molecule has 3 rings (SSSR count). The quantitative estimate of drug-likeness (QED) is 0.718. The van der Waals surface area contributed by atoms with Gasteiger partial charge in [-0.1, -0.05) is 32.8 Å². The third-order valence-electron chi connectivity index (χ3n) is 4.83. The number of rotatable bonds is 2. The van der Waals surface area contributed by atoms with Crippen LogP contribution < -0.4 is 9.47 Å². The number of hydrogen-bond donors (Lipinski definition) is 0. The molecule has 0 aromatic heterocycles. The molecule has 1 aliphatic carbocycles. The number of halogens is 1. The molecule has 0 bridgehead atoms. The smallest absolute Gasteiger partial charge is 0.161 e. The van der Waals surface area contributed by atoms with Gasteiger partial charge in [-0.2, -0.15) is 0 Å². The first-order valence-corrected chi connectivity index (χ1v) is 8.05. The van der Waals surface area contributed by atoms with Crippen molar-refractivity contribution in [3.05, 3.63) is 23.8 Å². The van der Waals surface area contributed by atoms with Crippen LogP contribution in [0, 0.1) is 11.3 Å². The molecule has 2 nitrogen and oxygen atoms in total. The number of benzene rings is 1. The Hall–Kier alpha value is -0.890. The van der Waals surface area contributed by atoms with Crippen molar-refractivity contribution in [1.82, 2.24) is 0 Å². The van der Waals surface area contributed by atoms with E-state index in [1.807, 2.05) is 6.07 Å². The Kier molecular flexibility index (Phi) is 3.85. The van der Waals surface area contributed by atoms with Crippen LogP contribution in [0.3, 0.4) is 0 Å². The zero-order chi connectivity index (χ0) is 14.2. The SMILES string of the molecule is CC1(C)CCCCC1C(Cl)c1ccc2c(c1)OCCO2. The summed E-state index contributed by atoms with van der Waals surface area (Å²) in [5.41, 5.74) is 1.48. The minimum Gasteiger partial charge on any atom is -0.486 e. The highest BCUT2D eigenvalue weighted by Crippen LogP contribution is 2.50. The summed E-state index contributed by atoms with van der Waals surface area (Å²) in [7, 11) is 0. The Labute approximate surface area is 126 Å². The zero-order valence-electron chi connectivity index (χ0n) is 12.3. The summed E-state index contributed by atoms with van der Waals surface area (Å²) in [6.07, 6.45) is 5.11. The Morgan fingerprint density at radius 1 is 1.15 bits per heavy atom. The first-order valence-electron chi connectivity index (χ1n) is 7.61. The fourth-order valence-electron chi connectivity index (χ4n) is 3.53. The minimum atomic E-state index is 0.0566. The summed E-state index contributed by atoms with van der Waals surface area (Å²) in [6, 6.07) is 6.15. The van der Waals surface area contributed by atoms with Gasteiger partial charge < -0.3 is 9.47 Å². The molecule has 0 radical (unpaired) electrons. The molecule has 1 saturated carbocycles. The van der Waals surface area contributed by atoms with Crippen LogP contribution in [0.25, 0.3) is 0 Å². The molecule has 1 fully saturated rings. The molecule has 1 aliphatic heterocycles. The molecule has 3 heteroatoms. The highest BCUT2D eigenvalue weighted by atomic mass is 35.5. The highest BCUT2D eigenvalue weighted by molar-refractivity contribution is 6.21. The van der Waals surface area contributed by atoms with Crippen molar-refractivity contribution < 1.29 is 9.47 Å². The van der Waals surface area contributed by atoms with Gasteiger partial charge in [0.15, 0.2) is 11.5 Å². The van der Waals surface area contributed by atoms with Gasteiger partial charge in [-0.25, -0.2) is 0 Å². The topological polar surface area (TPSA) is 18.5 Å². The van der Waals surface area contributed by atoms with Crippen LogP contribution in [0.5, 0.6) is 11.5 Å². The van der Waals surface area contributed by atoms with Crippen LogP contribution in [-0.2, 0) is 0 Å². The largest absolute Gasteiger partial charge is 0.486 e. The molecule has 0 N–H and O–H groups in total. The van der Waals surface area contributed by atoms with Gasteiger partial charge >= 0.3 is 0 Å². The average molecular weight is 295 g/mol. The van der Waals surface area contributed by atoms with Crippen molar-refractivity contribution >= 4 is 11.6 Å². The number of alkyl halides is 1. The maximum Gasteiger partial charge on any atom is 0.161 e. The Balaban J connectivity index is 1.84. The lowest BCUT2D eigenvalue weighted by atomic mass is 9.66. The van der Waals surface area contributed by atoms with E-state index in [1.165, 1.54) is 25.7 Å². The molecular weight excluding hydrogens is 272 g/mol. The third-order valence-corrected chi connectivity index (χ3v) is 5.38. The first-order chi connectivity index (χ1) is 9.58. The number of fused-ring (bicyclic) bond motifs is 1. The second-order valence-electron chi connectivity index (χ2n) is 6.65. The van der Waals surface area contributed by atoms with Crippen LogP contribution in [-0.4, -0.2) is 13.2 Å². The first kappa shape index (κ1) is 14.1. The monoisotopic (exact) mass is 294 g/mol. The third kappa shape index (κ3) is 2.63. The van der Waals surface area contributed by atoms with Gasteiger partial charge in [0.25, 0.3) is 0 Å². The van der Waals surface area contributed by atoms with Crippen LogP contribution in [0.15, 0.2) is 18.2 Å². The molecule has 0 spiro atoms. The fourth-order valence-corrected chi connectivity index (χ4v) is 4.13. The van der Waals surface area contributed by atoms with Gasteiger partial charge in [0.05, 0.1) is 5.38 Å². The molecule has 1 aromatic carbocycles. The lowest BCUT2D eigenvalue weighted by Gasteiger charge is -2.41. The number of ether oxygens (including phenoxy) is 2. The molecule has 0 amide bonds. The average Bonchev–Trinajstić information content (AvgIpc) is 2.45. The lowest BCUT2D eigenvalue weighted by molar-refractivity contribution is 0.132. The predicted molar refractivity (Wildman–Crippen MR) is 81.8 cm³/mol. The molecule has 2 atom stereocenters. The summed E-state index contributed by atoms with van der Waals surface area (Å²) in [6.45, 7) is 5.96. The standard InChI is InChI=1S/C17H23ClO2/c1-17(2)8-4-3-5-13(17)16(18)12-6-7-14-15(11-12)20-10-9-19-14/h6-7,11,13,16H,3-5,8-10H2,1-2H3. The maximum absolute atomic E-state index is 6.82. The van der Waals surface area contributed by atoms with Gasteiger partial charge in [0.2, 0.25) is 0 Å². The molecule has 1 heterocycles. The van der Waals surface area contributed by atoms with Crippen LogP contribution >= 0.6 is 11.6 Å². The zero-order valence-corrected chi connectivity index (χ0v) is 13.1. The van der Waals surface area contributed by atoms with Crippen molar-refractivity contribution in [2.24, 2.45) is 11.3 Å². The van der Waals surface area contributed by atoms with Crippen LogP contribution in [0.1, 0.15) is 50.5 Å². The summed E-state index contributed by atoms with van der Waals surface area (Å²) in [5.74, 6) is 2.21. The summed E-state index contributed by atoms with van der Waals surface area (Å²) in [4.78, 5) is 0. The van der Waals surface area contributed by atoms with Gasteiger partial charge in [-0.05, 0) is 41.9 Å². The summed E-state index contributed by atoms with van der Waals surface area (Å²) < 4.78 is 11.2. The molecule has 2 aliphatic rings. The molecule has 0 saturated heterocycles. The summed E-state index contributed by atoms with van der Waals surface area (Å²) in [5, 5.41) is 0.0566. The second kappa shape index (κ2) is 5.48. The van der Waals surface area contributed by atoms with Crippen molar-refractivity contribution in [1.29, 1.82) is 0 Å². The van der Waals surface area contributed by atoms with Crippen LogP contribution in [0.4, 0.5) is 0 Å². The second-order valence-corrected chi connectivity index (χ2v) is 7.12. The van der Waals surface area contributed by atoms with E-state index in [1.54, 1.807) is 0 Å². The van der Waals surface area contributed by atoms with E-state index in [4.69, 9.17) is 21.1 Å². The van der Waals surface area contributed by atoms with Gasteiger partial charge in [-0.3, -0.25) is 0 Å². The molecule has 20 heavy (non-hydrogen) atoms. The summed E-state index contributed by atoms with van der Waals surface area (Å²) >= 11 is 6.82. The predicted octanol–water partition coefficient (Wildman–Crippen LogP) is 4.95. The minimum absolute atomic E-state index is 0.0566. The van der Waals surface area contributed by atoms with E-state index in [-0.39, 0.29) is 5.38 Å². The van der Waals surface area contributed by atoms with E-state index in [2.05, 4.69) is 26.0 Å².